The molecular formula is C29H33N5O2. The molecule has 2 N–H and O–H groups in total. The van der Waals surface area contributed by atoms with Gasteiger partial charge >= 0.3 is 0 Å². The summed E-state index contributed by atoms with van der Waals surface area (Å²) in [5.74, 6) is 0.166. The van der Waals surface area contributed by atoms with Crippen LogP contribution >= 0.6 is 0 Å². The topological polar surface area (TPSA) is 77.7 Å². The summed E-state index contributed by atoms with van der Waals surface area (Å²) in [5.41, 5.74) is 5.61. The highest BCUT2D eigenvalue weighted by Gasteiger charge is 2.18. The lowest BCUT2D eigenvalue weighted by molar-refractivity contribution is 0.122. The fraction of sp³-hybridized carbons (Fsp3) is 0.310. The monoisotopic (exact) mass is 483 g/mol. The lowest BCUT2D eigenvalue weighted by Gasteiger charge is -2.34. The lowest BCUT2D eigenvalue weighted by atomic mass is 10.0. The first-order valence-electron chi connectivity index (χ1n) is 12.5. The molecule has 1 fully saturated rings. The zero-order chi connectivity index (χ0) is 25.1. The van der Waals surface area contributed by atoms with E-state index >= 15 is 0 Å². The maximum atomic E-state index is 10.4. The van der Waals surface area contributed by atoms with Gasteiger partial charge in [0.15, 0.2) is 0 Å². The lowest BCUT2D eigenvalue weighted by Crippen LogP contribution is -2.45. The molecule has 7 nitrogen and oxygen atoms in total. The van der Waals surface area contributed by atoms with Crippen LogP contribution in [0.25, 0.3) is 16.9 Å². The molecule has 1 aliphatic heterocycles. The van der Waals surface area contributed by atoms with Crippen LogP contribution in [0.3, 0.4) is 0 Å². The van der Waals surface area contributed by atoms with Crippen LogP contribution in [0.5, 0.6) is 11.5 Å². The molecule has 0 amide bonds. The van der Waals surface area contributed by atoms with Gasteiger partial charge in [-0.1, -0.05) is 73.7 Å². The maximum absolute atomic E-state index is 10.4. The SMILES string of the molecule is CC(C)c1cc(-n2cc(-c3ccc(CN4CCN(Cc5ccccc5)CC4)cc3)nn2)c(O)cc1O. The molecule has 0 saturated carbocycles. The van der Waals surface area contributed by atoms with E-state index in [4.69, 9.17) is 0 Å². The number of phenolic OH excluding ortho intramolecular Hbond substituents is 2. The number of piperazine rings is 1. The first kappa shape index (κ1) is 24.0. The van der Waals surface area contributed by atoms with Gasteiger partial charge in [-0.05, 0) is 28.7 Å². The van der Waals surface area contributed by atoms with E-state index in [-0.39, 0.29) is 17.4 Å². The predicted octanol–water partition coefficient (Wildman–Crippen LogP) is 4.79. The molecule has 1 aliphatic rings. The van der Waals surface area contributed by atoms with Gasteiger partial charge in [-0.3, -0.25) is 9.80 Å². The van der Waals surface area contributed by atoms with Gasteiger partial charge in [-0.25, -0.2) is 4.68 Å². The van der Waals surface area contributed by atoms with Crippen LogP contribution < -0.4 is 0 Å². The number of hydrogen-bond acceptors (Lipinski definition) is 6. The molecule has 0 bridgehead atoms. The number of rotatable bonds is 7. The molecule has 2 heterocycles. The smallest absolute Gasteiger partial charge is 0.145 e. The molecule has 7 heteroatoms. The summed E-state index contributed by atoms with van der Waals surface area (Å²) in [4.78, 5) is 5.03. The first-order valence-corrected chi connectivity index (χ1v) is 12.5. The fourth-order valence-electron chi connectivity index (χ4n) is 4.73. The highest BCUT2D eigenvalue weighted by molar-refractivity contribution is 5.60. The van der Waals surface area contributed by atoms with Crippen molar-refractivity contribution in [2.45, 2.75) is 32.9 Å². The summed E-state index contributed by atoms with van der Waals surface area (Å²) in [6.07, 6.45) is 1.80. The van der Waals surface area contributed by atoms with Gasteiger partial charge in [0.1, 0.15) is 22.9 Å². The van der Waals surface area contributed by atoms with E-state index in [0.717, 1.165) is 56.1 Å². The Hall–Kier alpha value is -3.68. The summed E-state index contributed by atoms with van der Waals surface area (Å²) >= 11 is 0. The Bertz CT molecular complexity index is 1290. The number of aromatic nitrogens is 3. The van der Waals surface area contributed by atoms with Crippen molar-refractivity contribution in [2.75, 3.05) is 26.2 Å². The molecule has 0 radical (unpaired) electrons. The molecule has 186 valence electrons. The molecule has 1 saturated heterocycles. The second kappa shape index (κ2) is 10.5. The van der Waals surface area contributed by atoms with Crippen molar-refractivity contribution in [1.29, 1.82) is 0 Å². The highest BCUT2D eigenvalue weighted by atomic mass is 16.3. The molecule has 0 unspecified atom stereocenters. The van der Waals surface area contributed by atoms with E-state index in [9.17, 15) is 10.2 Å². The minimum absolute atomic E-state index is 0.0347. The van der Waals surface area contributed by atoms with Crippen molar-refractivity contribution < 1.29 is 10.2 Å². The van der Waals surface area contributed by atoms with Crippen molar-refractivity contribution in [3.63, 3.8) is 0 Å². The van der Waals surface area contributed by atoms with Crippen molar-refractivity contribution in [1.82, 2.24) is 24.8 Å². The van der Waals surface area contributed by atoms with Gasteiger partial charge in [0, 0.05) is 50.9 Å². The summed E-state index contributed by atoms with van der Waals surface area (Å²) in [6.45, 7) is 10.2. The predicted molar refractivity (Wildman–Crippen MR) is 141 cm³/mol. The van der Waals surface area contributed by atoms with Crippen LogP contribution in [0.1, 0.15) is 36.5 Å². The minimum Gasteiger partial charge on any atom is -0.508 e. The minimum atomic E-state index is -0.0347. The summed E-state index contributed by atoms with van der Waals surface area (Å²) in [5, 5.41) is 29.0. The van der Waals surface area contributed by atoms with Gasteiger partial charge in [-0.2, -0.15) is 0 Å². The van der Waals surface area contributed by atoms with E-state index in [1.165, 1.54) is 17.2 Å². The zero-order valence-electron chi connectivity index (χ0n) is 20.9. The summed E-state index contributed by atoms with van der Waals surface area (Å²) in [6, 6.07) is 22.3. The number of aromatic hydroxyl groups is 2. The average Bonchev–Trinajstić information content (AvgIpc) is 3.36. The largest absolute Gasteiger partial charge is 0.508 e. The molecule has 4 aromatic rings. The van der Waals surface area contributed by atoms with Crippen molar-refractivity contribution in [2.24, 2.45) is 0 Å². The van der Waals surface area contributed by atoms with Gasteiger partial charge < -0.3 is 10.2 Å². The number of nitrogens with zero attached hydrogens (tertiary/aromatic N) is 5. The van der Waals surface area contributed by atoms with Gasteiger partial charge in [0.05, 0.1) is 6.20 Å². The van der Waals surface area contributed by atoms with Crippen LogP contribution in [-0.4, -0.2) is 61.2 Å². The quantitative estimate of drug-likeness (QED) is 0.394. The average molecular weight is 484 g/mol. The molecular weight excluding hydrogens is 450 g/mol. The molecule has 5 rings (SSSR count). The Morgan fingerprint density at radius 2 is 1.39 bits per heavy atom. The van der Waals surface area contributed by atoms with Gasteiger partial charge in [0.25, 0.3) is 0 Å². The number of phenols is 2. The first-order chi connectivity index (χ1) is 17.5. The van der Waals surface area contributed by atoms with Crippen LogP contribution in [-0.2, 0) is 13.1 Å². The fourth-order valence-corrected chi connectivity index (χ4v) is 4.73. The number of hydrogen-bond donors (Lipinski definition) is 2. The third-order valence-electron chi connectivity index (χ3n) is 6.86. The van der Waals surface area contributed by atoms with E-state index in [1.54, 1.807) is 16.9 Å². The Balaban J connectivity index is 1.20. The molecule has 3 aromatic carbocycles. The normalized spacial score (nSPS) is 15.0. The molecule has 36 heavy (non-hydrogen) atoms. The van der Waals surface area contributed by atoms with Crippen LogP contribution in [0.4, 0.5) is 0 Å². The van der Waals surface area contributed by atoms with E-state index in [2.05, 4.69) is 74.7 Å². The Kier molecular flexibility index (Phi) is 7.02. The standard InChI is InChI=1S/C29H33N5O2/c1-21(2)25-16-27(29(36)17-28(25)35)34-20-26(30-31-34)24-10-8-23(9-11-24)19-33-14-12-32(13-15-33)18-22-6-4-3-5-7-22/h3-11,16-17,20-21,35-36H,12-15,18-19H2,1-2H3. The molecule has 0 aliphatic carbocycles. The Labute approximate surface area is 212 Å². The summed E-state index contributed by atoms with van der Waals surface area (Å²) in [7, 11) is 0. The Morgan fingerprint density at radius 1 is 0.778 bits per heavy atom. The van der Waals surface area contributed by atoms with Crippen molar-refractivity contribution in [3.05, 3.63) is 89.6 Å². The Morgan fingerprint density at radius 3 is 2.00 bits per heavy atom. The molecule has 0 spiro atoms. The van der Waals surface area contributed by atoms with Crippen molar-refractivity contribution >= 4 is 0 Å². The van der Waals surface area contributed by atoms with Gasteiger partial charge in [0.2, 0.25) is 0 Å². The van der Waals surface area contributed by atoms with Crippen molar-refractivity contribution in [3.8, 4) is 28.4 Å². The summed E-state index contributed by atoms with van der Waals surface area (Å²) < 4.78 is 1.55. The van der Waals surface area contributed by atoms with E-state index < -0.39 is 0 Å². The van der Waals surface area contributed by atoms with E-state index in [0.29, 0.717) is 5.69 Å². The van der Waals surface area contributed by atoms with Crippen LogP contribution in [0, 0.1) is 0 Å². The number of benzene rings is 3. The second-order valence-corrected chi connectivity index (χ2v) is 9.84. The molecule has 0 atom stereocenters. The third kappa shape index (κ3) is 5.42. The van der Waals surface area contributed by atoms with Crippen LogP contribution in [0.15, 0.2) is 72.9 Å². The maximum Gasteiger partial charge on any atom is 0.145 e. The van der Waals surface area contributed by atoms with E-state index in [1.807, 2.05) is 13.8 Å². The third-order valence-corrected chi connectivity index (χ3v) is 6.86. The highest BCUT2D eigenvalue weighted by Crippen LogP contribution is 2.34. The zero-order valence-corrected chi connectivity index (χ0v) is 20.9. The van der Waals surface area contributed by atoms with Gasteiger partial charge in [-0.15, -0.1) is 5.10 Å². The molecule has 1 aromatic heterocycles. The van der Waals surface area contributed by atoms with Crippen LogP contribution in [0.2, 0.25) is 0 Å². The second-order valence-electron chi connectivity index (χ2n) is 9.84.